The highest BCUT2D eigenvalue weighted by molar-refractivity contribution is 6.28. The predicted molar refractivity (Wildman–Crippen MR) is 73.3 cm³/mol. The molecule has 0 unspecified atom stereocenters. The fourth-order valence-electron chi connectivity index (χ4n) is 2.12. The van der Waals surface area contributed by atoms with Crippen LogP contribution in [0.1, 0.15) is 5.56 Å². The van der Waals surface area contributed by atoms with Crippen LogP contribution in [0.2, 0.25) is 5.28 Å². The van der Waals surface area contributed by atoms with Gasteiger partial charge in [-0.15, -0.1) is 0 Å². The number of rotatable bonds is 1. The molecule has 0 aliphatic carbocycles. The Labute approximate surface area is 122 Å². The lowest BCUT2D eigenvalue weighted by molar-refractivity contribution is -0.137. The minimum atomic E-state index is -4.60. The largest absolute Gasteiger partial charge is 0.421 e. The molecule has 8 heteroatoms. The van der Waals surface area contributed by atoms with Crippen LogP contribution in [0.5, 0.6) is 0 Å². The van der Waals surface area contributed by atoms with Crippen molar-refractivity contribution in [2.24, 2.45) is 0 Å². The average molecular weight is 313 g/mol. The molecular formula is C13H8ClF3N4. The summed E-state index contributed by atoms with van der Waals surface area (Å²) in [6.45, 7) is 0. The van der Waals surface area contributed by atoms with E-state index in [0.29, 0.717) is 22.8 Å². The molecule has 0 radical (unpaired) electrons. The maximum absolute atomic E-state index is 13.1. The van der Waals surface area contributed by atoms with Crippen LogP contribution in [0.25, 0.3) is 16.7 Å². The maximum atomic E-state index is 13.1. The van der Waals surface area contributed by atoms with E-state index in [1.807, 2.05) is 0 Å². The van der Waals surface area contributed by atoms with Crippen molar-refractivity contribution in [1.82, 2.24) is 14.5 Å². The second-order valence-corrected chi connectivity index (χ2v) is 4.68. The van der Waals surface area contributed by atoms with Crippen molar-refractivity contribution >= 4 is 28.2 Å². The monoisotopic (exact) mass is 312 g/mol. The quantitative estimate of drug-likeness (QED) is 0.697. The molecular weight excluding hydrogens is 305 g/mol. The summed E-state index contributed by atoms with van der Waals surface area (Å²) in [6.07, 6.45) is -2.55. The van der Waals surface area contributed by atoms with Crippen molar-refractivity contribution in [3.05, 3.63) is 47.5 Å². The van der Waals surface area contributed by atoms with Gasteiger partial charge in [-0.3, -0.25) is 4.57 Å². The Hall–Kier alpha value is -2.28. The summed E-state index contributed by atoms with van der Waals surface area (Å²) in [7, 11) is 0. The summed E-state index contributed by atoms with van der Waals surface area (Å²) in [6, 6.07) is 6.83. The van der Waals surface area contributed by atoms with Gasteiger partial charge in [-0.25, -0.2) is 4.98 Å². The number of fused-ring (bicyclic) bond motifs is 1. The van der Waals surface area contributed by atoms with Gasteiger partial charge >= 0.3 is 6.18 Å². The summed E-state index contributed by atoms with van der Waals surface area (Å²) in [5, 5.41) is 0.370. The van der Waals surface area contributed by atoms with E-state index in [0.717, 1.165) is 0 Å². The summed E-state index contributed by atoms with van der Waals surface area (Å²) in [4.78, 5) is 7.12. The van der Waals surface area contributed by atoms with Gasteiger partial charge in [0.05, 0.1) is 11.2 Å². The second kappa shape index (κ2) is 4.63. The summed E-state index contributed by atoms with van der Waals surface area (Å²) < 4.78 is 40.6. The van der Waals surface area contributed by atoms with Crippen LogP contribution in [0.3, 0.4) is 0 Å². The van der Waals surface area contributed by atoms with E-state index in [9.17, 15) is 13.2 Å². The van der Waals surface area contributed by atoms with E-state index in [1.54, 1.807) is 24.3 Å². The minimum absolute atomic E-state index is 0.269. The maximum Gasteiger partial charge on any atom is 0.421 e. The zero-order valence-electron chi connectivity index (χ0n) is 10.4. The summed E-state index contributed by atoms with van der Waals surface area (Å²) in [5.41, 5.74) is 5.72. The molecule has 0 fully saturated rings. The molecule has 2 N–H and O–H groups in total. The number of hydrogen-bond donors (Lipinski definition) is 1. The molecule has 0 aliphatic heterocycles. The molecule has 0 bridgehead atoms. The number of anilines is 1. The average Bonchev–Trinajstić information content (AvgIpc) is 2.75. The van der Waals surface area contributed by atoms with E-state index in [2.05, 4.69) is 9.97 Å². The Bertz CT molecular complexity index is 826. The molecule has 1 aromatic carbocycles. The topological polar surface area (TPSA) is 56.7 Å². The zero-order chi connectivity index (χ0) is 15.2. The molecule has 108 valence electrons. The number of halogens is 4. The fourth-order valence-corrected chi connectivity index (χ4v) is 2.25. The third kappa shape index (κ3) is 2.29. The van der Waals surface area contributed by atoms with Crippen LogP contribution >= 0.6 is 11.6 Å². The molecule has 0 spiro atoms. The summed E-state index contributed by atoms with van der Waals surface area (Å²) in [5.74, 6) is -0.351. The standard InChI is InChI=1S/C13H8ClF3N4/c14-12-19-5-8(13(15,16)17)11(20-12)21-6-9(18)7-3-1-2-4-10(7)21/h1-6H,18H2. The molecule has 0 aliphatic rings. The Balaban J connectivity index is 2.35. The summed E-state index contributed by atoms with van der Waals surface area (Å²) >= 11 is 5.64. The second-order valence-electron chi connectivity index (χ2n) is 4.35. The Morgan fingerprint density at radius 1 is 1.19 bits per heavy atom. The molecule has 0 atom stereocenters. The fraction of sp³-hybridized carbons (Fsp3) is 0.0769. The van der Waals surface area contributed by atoms with Crippen molar-refractivity contribution in [3.63, 3.8) is 0 Å². The van der Waals surface area contributed by atoms with E-state index >= 15 is 0 Å². The van der Waals surface area contributed by atoms with Crippen LogP contribution in [0.4, 0.5) is 18.9 Å². The molecule has 0 saturated carbocycles. The number of aromatic nitrogens is 3. The van der Waals surface area contributed by atoms with Crippen molar-refractivity contribution in [2.45, 2.75) is 6.18 Å². The van der Waals surface area contributed by atoms with Gasteiger partial charge in [-0.2, -0.15) is 18.2 Å². The zero-order valence-corrected chi connectivity index (χ0v) is 11.2. The van der Waals surface area contributed by atoms with Gasteiger partial charge in [0.2, 0.25) is 5.28 Å². The molecule has 3 rings (SSSR count). The first-order valence-electron chi connectivity index (χ1n) is 5.83. The molecule has 0 saturated heterocycles. The van der Waals surface area contributed by atoms with E-state index in [4.69, 9.17) is 17.3 Å². The van der Waals surface area contributed by atoms with Crippen LogP contribution in [0.15, 0.2) is 36.7 Å². The van der Waals surface area contributed by atoms with E-state index in [-0.39, 0.29) is 11.1 Å². The number of nitrogens with two attached hydrogens (primary N) is 1. The third-order valence-electron chi connectivity index (χ3n) is 3.02. The highest BCUT2D eigenvalue weighted by Crippen LogP contribution is 2.35. The van der Waals surface area contributed by atoms with E-state index < -0.39 is 11.7 Å². The minimum Gasteiger partial charge on any atom is -0.397 e. The first-order valence-corrected chi connectivity index (χ1v) is 6.21. The number of alkyl halides is 3. The van der Waals surface area contributed by atoms with Crippen LogP contribution in [-0.4, -0.2) is 14.5 Å². The third-order valence-corrected chi connectivity index (χ3v) is 3.20. The van der Waals surface area contributed by atoms with E-state index in [1.165, 1.54) is 10.8 Å². The molecule has 2 aromatic heterocycles. The van der Waals surface area contributed by atoms with Gasteiger partial charge in [0.25, 0.3) is 0 Å². The van der Waals surface area contributed by atoms with Crippen LogP contribution < -0.4 is 5.73 Å². The lowest BCUT2D eigenvalue weighted by atomic mass is 10.2. The van der Waals surface area contributed by atoms with Crippen molar-refractivity contribution < 1.29 is 13.2 Å². The van der Waals surface area contributed by atoms with Gasteiger partial charge in [0, 0.05) is 17.8 Å². The lowest BCUT2D eigenvalue weighted by Gasteiger charge is -2.13. The van der Waals surface area contributed by atoms with Crippen molar-refractivity contribution in [3.8, 4) is 5.82 Å². The first kappa shape index (κ1) is 13.7. The predicted octanol–water partition coefficient (Wildman–Crippen LogP) is 3.67. The number of nitrogens with zero attached hydrogens (tertiary/aromatic N) is 3. The number of para-hydroxylation sites is 1. The number of benzene rings is 1. The molecule has 2 heterocycles. The number of hydrogen-bond acceptors (Lipinski definition) is 3. The normalized spacial score (nSPS) is 12.0. The number of nitrogen functional groups attached to an aromatic ring is 1. The Kier molecular flexibility index (Phi) is 3.02. The first-order chi connectivity index (χ1) is 9.88. The molecule has 4 nitrogen and oxygen atoms in total. The lowest BCUT2D eigenvalue weighted by Crippen LogP contribution is -2.13. The molecule has 21 heavy (non-hydrogen) atoms. The van der Waals surface area contributed by atoms with Crippen molar-refractivity contribution in [1.29, 1.82) is 0 Å². The molecule has 3 aromatic rings. The Morgan fingerprint density at radius 3 is 2.62 bits per heavy atom. The van der Waals surface area contributed by atoms with Gasteiger partial charge in [0.1, 0.15) is 5.56 Å². The van der Waals surface area contributed by atoms with Gasteiger partial charge in [-0.05, 0) is 17.7 Å². The highest BCUT2D eigenvalue weighted by Gasteiger charge is 2.36. The van der Waals surface area contributed by atoms with Gasteiger partial charge in [-0.1, -0.05) is 18.2 Å². The smallest absolute Gasteiger partial charge is 0.397 e. The molecule has 0 amide bonds. The highest BCUT2D eigenvalue weighted by atomic mass is 35.5. The van der Waals surface area contributed by atoms with Gasteiger partial charge in [0.15, 0.2) is 5.82 Å². The van der Waals surface area contributed by atoms with Crippen molar-refractivity contribution in [2.75, 3.05) is 5.73 Å². The SMILES string of the molecule is Nc1cn(-c2nc(Cl)ncc2C(F)(F)F)c2ccccc12. The Morgan fingerprint density at radius 2 is 1.90 bits per heavy atom. The van der Waals surface area contributed by atoms with Crippen LogP contribution in [0, 0.1) is 0 Å². The van der Waals surface area contributed by atoms with Crippen LogP contribution in [-0.2, 0) is 6.18 Å². The van der Waals surface area contributed by atoms with Gasteiger partial charge < -0.3 is 5.73 Å².